The lowest BCUT2D eigenvalue weighted by Gasteiger charge is -2.23. The number of ether oxygens (including phenoxy) is 1. The third-order valence-electron chi connectivity index (χ3n) is 3.26. The number of likely N-dealkylation sites (N-methyl/N-ethyl adjacent to an activating group) is 1. The number of rotatable bonds is 12. The second-order valence-corrected chi connectivity index (χ2v) is 6.46. The molecule has 0 aliphatic heterocycles. The van der Waals surface area contributed by atoms with Gasteiger partial charge in [0.05, 0.1) is 21.1 Å². The molecule has 0 fully saturated rings. The minimum Gasteiger partial charge on any atom is -0.460 e. The summed E-state index contributed by atoms with van der Waals surface area (Å²) >= 11 is 0. The van der Waals surface area contributed by atoms with E-state index in [-0.39, 0.29) is 5.97 Å². The Morgan fingerprint density at radius 3 is 1.95 bits per heavy atom. The van der Waals surface area contributed by atoms with Crippen molar-refractivity contribution in [1.82, 2.24) is 0 Å². The second kappa shape index (κ2) is 11.3. The summed E-state index contributed by atoms with van der Waals surface area (Å²) in [6, 6.07) is 0. The first-order chi connectivity index (χ1) is 8.95. The van der Waals surface area contributed by atoms with Crippen molar-refractivity contribution in [3.8, 4) is 0 Å². The summed E-state index contributed by atoms with van der Waals surface area (Å²) < 4.78 is 6.06. The van der Waals surface area contributed by atoms with Crippen molar-refractivity contribution in [3.05, 3.63) is 0 Å². The van der Waals surface area contributed by atoms with Gasteiger partial charge in [-0.2, -0.15) is 0 Å². The normalized spacial score (nSPS) is 11.6. The maximum absolute atomic E-state index is 11.5. The van der Waals surface area contributed by atoms with Crippen LogP contribution in [-0.2, 0) is 9.53 Å². The van der Waals surface area contributed by atoms with Gasteiger partial charge in [0.2, 0.25) is 0 Å². The highest BCUT2D eigenvalue weighted by Gasteiger charge is 2.08. The highest BCUT2D eigenvalue weighted by Crippen LogP contribution is 2.09. The Balaban J connectivity index is 3.25. The SMILES string of the molecule is CCCCCCCCCCC(=O)OCC[N+](C)(C)C. The molecular formula is C16H34NO2+. The highest BCUT2D eigenvalue weighted by atomic mass is 16.5. The summed E-state index contributed by atoms with van der Waals surface area (Å²) in [5.74, 6) is -0.0283. The lowest BCUT2D eigenvalue weighted by molar-refractivity contribution is -0.870. The summed E-state index contributed by atoms with van der Waals surface area (Å²) in [5.41, 5.74) is 0. The van der Waals surface area contributed by atoms with E-state index < -0.39 is 0 Å². The number of carbonyl (C=O) groups is 1. The number of nitrogens with zero attached hydrogens (tertiary/aromatic N) is 1. The van der Waals surface area contributed by atoms with Gasteiger partial charge in [0.15, 0.2) is 0 Å². The predicted molar refractivity (Wildman–Crippen MR) is 81.1 cm³/mol. The third-order valence-corrected chi connectivity index (χ3v) is 3.26. The smallest absolute Gasteiger partial charge is 0.305 e. The van der Waals surface area contributed by atoms with E-state index in [1.165, 1.54) is 38.5 Å². The summed E-state index contributed by atoms with van der Waals surface area (Å²) in [7, 11) is 6.31. The van der Waals surface area contributed by atoms with Crippen molar-refractivity contribution < 1.29 is 14.0 Å². The Morgan fingerprint density at radius 1 is 0.895 bits per heavy atom. The molecule has 0 aromatic rings. The number of hydrogen-bond donors (Lipinski definition) is 0. The molecule has 0 aromatic carbocycles. The molecule has 0 aromatic heterocycles. The molecule has 0 amide bonds. The van der Waals surface area contributed by atoms with Crippen LogP contribution in [0.3, 0.4) is 0 Å². The van der Waals surface area contributed by atoms with Crippen LogP contribution in [0.2, 0.25) is 0 Å². The fraction of sp³-hybridized carbons (Fsp3) is 0.938. The Morgan fingerprint density at radius 2 is 1.42 bits per heavy atom. The van der Waals surface area contributed by atoms with Crippen LogP contribution in [0.15, 0.2) is 0 Å². The largest absolute Gasteiger partial charge is 0.460 e. The van der Waals surface area contributed by atoms with Gasteiger partial charge in [-0.05, 0) is 6.42 Å². The van der Waals surface area contributed by atoms with E-state index >= 15 is 0 Å². The quantitative estimate of drug-likeness (QED) is 0.307. The first-order valence-electron chi connectivity index (χ1n) is 7.92. The summed E-state index contributed by atoms with van der Waals surface area (Å²) in [5, 5.41) is 0. The van der Waals surface area contributed by atoms with Gasteiger partial charge in [-0.1, -0.05) is 51.9 Å². The highest BCUT2D eigenvalue weighted by molar-refractivity contribution is 5.69. The maximum Gasteiger partial charge on any atom is 0.305 e. The molecule has 0 saturated carbocycles. The number of carbonyl (C=O) groups excluding carboxylic acids is 1. The van der Waals surface area contributed by atoms with E-state index in [9.17, 15) is 4.79 Å². The monoisotopic (exact) mass is 272 g/mol. The van der Waals surface area contributed by atoms with Crippen LogP contribution in [-0.4, -0.2) is 44.7 Å². The van der Waals surface area contributed by atoms with Gasteiger partial charge in [-0.25, -0.2) is 0 Å². The van der Waals surface area contributed by atoms with Crippen LogP contribution in [0, 0.1) is 0 Å². The van der Waals surface area contributed by atoms with E-state index in [1.807, 2.05) is 0 Å². The van der Waals surface area contributed by atoms with E-state index in [4.69, 9.17) is 4.74 Å². The molecule has 0 aliphatic rings. The molecule has 0 heterocycles. The van der Waals surface area contributed by atoms with Crippen molar-refractivity contribution in [2.24, 2.45) is 0 Å². The average Bonchev–Trinajstić information content (AvgIpc) is 2.31. The van der Waals surface area contributed by atoms with Gasteiger partial charge < -0.3 is 9.22 Å². The molecule has 0 saturated heterocycles. The van der Waals surface area contributed by atoms with E-state index in [1.54, 1.807) is 0 Å². The molecule has 3 nitrogen and oxygen atoms in total. The van der Waals surface area contributed by atoms with Gasteiger partial charge in [0, 0.05) is 6.42 Å². The number of unbranched alkanes of at least 4 members (excludes halogenated alkanes) is 7. The van der Waals surface area contributed by atoms with Crippen molar-refractivity contribution in [3.63, 3.8) is 0 Å². The van der Waals surface area contributed by atoms with Crippen molar-refractivity contribution >= 4 is 5.97 Å². The van der Waals surface area contributed by atoms with Crippen molar-refractivity contribution in [2.75, 3.05) is 34.3 Å². The van der Waals surface area contributed by atoms with Crippen LogP contribution < -0.4 is 0 Å². The van der Waals surface area contributed by atoms with Crippen LogP contribution in [0.4, 0.5) is 0 Å². The molecule has 0 unspecified atom stereocenters. The summed E-state index contributed by atoms with van der Waals surface area (Å²) in [4.78, 5) is 11.5. The predicted octanol–water partition coefficient (Wildman–Crippen LogP) is 3.77. The summed E-state index contributed by atoms with van der Waals surface area (Å²) in [6.07, 6.45) is 10.7. The zero-order chi connectivity index (χ0) is 14.6. The van der Waals surface area contributed by atoms with Gasteiger partial charge in [0.25, 0.3) is 0 Å². The fourth-order valence-corrected chi connectivity index (χ4v) is 1.91. The molecule has 0 aliphatic carbocycles. The zero-order valence-electron chi connectivity index (χ0n) is 13.5. The Hall–Kier alpha value is -0.570. The van der Waals surface area contributed by atoms with Crippen LogP contribution in [0.1, 0.15) is 64.7 Å². The molecule has 3 heteroatoms. The third kappa shape index (κ3) is 15.4. The van der Waals surface area contributed by atoms with Crippen LogP contribution in [0.5, 0.6) is 0 Å². The topological polar surface area (TPSA) is 26.3 Å². The zero-order valence-corrected chi connectivity index (χ0v) is 13.5. The van der Waals surface area contributed by atoms with E-state index in [2.05, 4.69) is 28.1 Å². The molecule has 0 radical (unpaired) electrons. The van der Waals surface area contributed by atoms with Crippen molar-refractivity contribution in [2.45, 2.75) is 64.7 Å². The van der Waals surface area contributed by atoms with Gasteiger partial charge in [-0.3, -0.25) is 4.79 Å². The molecule has 0 rings (SSSR count). The average molecular weight is 272 g/mol. The maximum atomic E-state index is 11.5. The molecule has 0 N–H and O–H groups in total. The first-order valence-corrected chi connectivity index (χ1v) is 7.92. The Bertz CT molecular complexity index is 221. The molecule has 19 heavy (non-hydrogen) atoms. The molecular weight excluding hydrogens is 238 g/mol. The van der Waals surface area contributed by atoms with Crippen molar-refractivity contribution in [1.29, 1.82) is 0 Å². The lowest BCUT2D eigenvalue weighted by atomic mass is 10.1. The molecule has 0 spiro atoms. The Labute approximate surface area is 119 Å². The van der Waals surface area contributed by atoms with Gasteiger partial charge >= 0.3 is 5.97 Å². The fourth-order valence-electron chi connectivity index (χ4n) is 1.91. The van der Waals surface area contributed by atoms with E-state index in [0.717, 1.165) is 23.9 Å². The lowest BCUT2D eigenvalue weighted by Crippen LogP contribution is -2.37. The molecule has 0 bridgehead atoms. The minimum absolute atomic E-state index is 0.0283. The summed E-state index contributed by atoms with van der Waals surface area (Å²) in [6.45, 7) is 3.66. The van der Waals surface area contributed by atoms with Gasteiger partial charge in [-0.15, -0.1) is 0 Å². The number of quaternary nitrogens is 1. The molecule has 114 valence electrons. The van der Waals surface area contributed by atoms with Crippen LogP contribution >= 0.6 is 0 Å². The minimum atomic E-state index is -0.0283. The van der Waals surface area contributed by atoms with Gasteiger partial charge in [0.1, 0.15) is 13.2 Å². The molecule has 0 atom stereocenters. The second-order valence-electron chi connectivity index (χ2n) is 6.46. The Kier molecular flexibility index (Phi) is 10.9. The van der Waals surface area contributed by atoms with E-state index in [0.29, 0.717) is 13.0 Å². The van der Waals surface area contributed by atoms with Crippen LogP contribution in [0.25, 0.3) is 0 Å². The standard InChI is InChI=1S/C16H34NO2/c1-5-6-7-8-9-10-11-12-13-16(18)19-15-14-17(2,3)4/h5-15H2,1-4H3/q+1. The first kappa shape index (κ1) is 18.4. The number of esters is 1. The number of hydrogen-bond acceptors (Lipinski definition) is 2.